The Morgan fingerprint density at radius 1 is 1.33 bits per heavy atom. The topological polar surface area (TPSA) is 60.4 Å². The van der Waals surface area contributed by atoms with Crippen LogP contribution < -0.4 is 4.74 Å². The van der Waals surface area contributed by atoms with E-state index in [9.17, 15) is 13.2 Å². The summed E-state index contributed by atoms with van der Waals surface area (Å²) in [5, 5.41) is 0. The van der Waals surface area contributed by atoms with Gasteiger partial charge in [-0.15, -0.1) is 0 Å². The Labute approximate surface area is 121 Å². The molecule has 100 valence electrons. The summed E-state index contributed by atoms with van der Waals surface area (Å²) in [4.78, 5) is 12.4. The monoisotopic (exact) mass is 382 g/mol. The van der Waals surface area contributed by atoms with Crippen molar-refractivity contribution in [3.05, 3.63) is 27.3 Å². The molecule has 1 aromatic carbocycles. The van der Waals surface area contributed by atoms with Crippen LogP contribution in [0.1, 0.15) is 24.2 Å². The molecule has 0 spiro atoms. The third kappa shape index (κ3) is 2.85. The van der Waals surface area contributed by atoms with Crippen LogP contribution in [-0.2, 0) is 9.84 Å². The van der Waals surface area contributed by atoms with Gasteiger partial charge in [-0.1, -0.05) is 0 Å². The zero-order chi connectivity index (χ0) is 14.1. The quantitative estimate of drug-likeness (QED) is 0.593. The molecule has 0 saturated heterocycles. The molecule has 0 aliphatic rings. The van der Waals surface area contributed by atoms with Crippen LogP contribution in [-0.4, -0.2) is 32.3 Å². The molecule has 0 bridgehead atoms. The van der Waals surface area contributed by atoms with Crippen molar-refractivity contribution in [3.8, 4) is 5.75 Å². The van der Waals surface area contributed by atoms with Gasteiger partial charge in [-0.05, 0) is 54.6 Å². The van der Waals surface area contributed by atoms with E-state index in [1.54, 1.807) is 18.2 Å². The molecule has 4 nitrogen and oxygen atoms in total. The maximum Gasteiger partial charge on any atom is 0.187 e. The molecule has 6 heteroatoms. The van der Waals surface area contributed by atoms with Crippen LogP contribution in [0, 0.1) is 3.57 Å². The van der Waals surface area contributed by atoms with E-state index in [0.717, 1.165) is 9.83 Å². The lowest BCUT2D eigenvalue weighted by Crippen LogP contribution is -2.40. The Bertz CT molecular complexity index is 576. The summed E-state index contributed by atoms with van der Waals surface area (Å²) in [6.45, 7) is 2.81. The molecular weight excluding hydrogens is 367 g/mol. The molecule has 0 radical (unpaired) electrons. The van der Waals surface area contributed by atoms with E-state index < -0.39 is 20.4 Å². The Balaban J connectivity index is 3.40. The number of methoxy groups -OCH3 is 1. The van der Waals surface area contributed by atoms with Gasteiger partial charge in [0.2, 0.25) is 0 Å². The first-order valence-electron chi connectivity index (χ1n) is 5.19. The second kappa shape index (κ2) is 5.16. The molecule has 0 N–H and O–H groups in total. The summed E-state index contributed by atoms with van der Waals surface area (Å²) < 4.78 is 27.9. The fourth-order valence-electron chi connectivity index (χ4n) is 1.35. The maximum atomic E-state index is 12.4. The summed E-state index contributed by atoms with van der Waals surface area (Å²) in [6, 6.07) is 5.09. The van der Waals surface area contributed by atoms with Gasteiger partial charge >= 0.3 is 0 Å². The van der Waals surface area contributed by atoms with Crippen molar-refractivity contribution in [1.29, 1.82) is 0 Å². The van der Waals surface area contributed by atoms with Crippen molar-refractivity contribution in [1.82, 2.24) is 0 Å². The van der Waals surface area contributed by atoms with Gasteiger partial charge in [0, 0.05) is 9.83 Å². The number of ether oxygens (including phenoxy) is 1. The zero-order valence-electron chi connectivity index (χ0n) is 10.7. The minimum atomic E-state index is -3.50. The smallest absolute Gasteiger partial charge is 0.187 e. The first-order chi connectivity index (χ1) is 8.11. The number of Topliss-reactive ketones (excluding diaryl/α,β-unsaturated/α-hetero) is 1. The number of carbonyl (C=O) groups excluding carboxylic acids is 1. The van der Waals surface area contributed by atoms with Crippen molar-refractivity contribution in [3.63, 3.8) is 0 Å². The largest absolute Gasteiger partial charge is 0.496 e. The molecular formula is C12H15IO4S. The second-order valence-electron chi connectivity index (χ2n) is 4.46. The lowest BCUT2D eigenvalue weighted by molar-refractivity contribution is 0.0951. The van der Waals surface area contributed by atoms with Crippen LogP contribution in [0.25, 0.3) is 0 Å². The number of carbonyl (C=O) groups is 1. The fourth-order valence-corrected chi connectivity index (χ4v) is 2.29. The van der Waals surface area contributed by atoms with E-state index in [-0.39, 0.29) is 0 Å². The molecule has 0 fully saturated rings. The van der Waals surface area contributed by atoms with Gasteiger partial charge in [0.15, 0.2) is 15.6 Å². The number of ketones is 1. The summed E-state index contributed by atoms with van der Waals surface area (Å²) in [6.07, 6.45) is 1.06. The third-order valence-corrected chi connectivity index (χ3v) is 5.59. The normalized spacial score (nSPS) is 12.3. The molecule has 0 saturated carbocycles. The number of sulfone groups is 1. The molecule has 18 heavy (non-hydrogen) atoms. The van der Waals surface area contributed by atoms with Gasteiger partial charge in [0.25, 0.3) is 0 Å². The molecule has 0 heterocycles. The summed E-state index contributed by atoms with van der Waals surface area (Å²) in [5.41, 5.74) is 0.292. The number of rotatable bonds is 4. The number of benzene rings is 1. The molecule has 0 amide bonds. The van der Waals surface area contributed by atoms with Crippen molar-refractivity contribution in [2.24, 2.45) is 0 Å². The van der Waals surface area contributed by atoms with Crippen molar-refractivity contribution >= 4 is 38.2 Å². The minimum absolute atomic E-state index is 0.292. The molecule has 0 aromatic heterocycles. The van der Waals surface area contributed by atoms with Gasteiger partial charge in [-0.25, -0.2) is 8.42 Å². The predicted octanol–water partition coefficient (Wildman–Crippen LogP) is 2.31. The van der Waals surface area contributed by atoms with Gasteiger partial charge in [-0.3, -0.25) is 4.79 Å². The standard InChI is InChI=1S/C12H15IO4S/c1-12(2,18(4,15)16)11(14)9-7-8(13)5-6-10(9)17-3/h5-7H,1-4H3. The third-order valence-electron chi connectivity index (χ3n) is 2.88. The number of hydrogen-bond acceptors (Lipinski definition) is 4. The average molecular weight is 382 g/mol. The van der Waals surface area contributed by atoms with Crippen LogP contribution in [0.15, 0.2) is 18.2 Å². The lowest BCUT2D eigenvalue weighted by atomic mass is 9.99. The van der Waals surface area contributed by atoms with E-state index in [1.165, 1.54) is 21.0 Å². The van der Waals surface area contributed by atoms with Crippen LogP contribution in [0.5, 0.6) is 5.75 Å². The predicted molar refractivity (Wildman–Crippen MR) is 79.0 cm³/mol. The molecule has 1 aromatic rings. The lowest BCUT2D eigenvalue weighted by Gasteiger charge is -2.22. The van der Waals surface area contributed by atoms with Gasteiger partial charge in [0.05, 0.1) is 12.7 Å². The number of hydrogen-bond donors (Lipinski definition) is 0. The zero-order valence-corrected chi connectivity index (χ0v) is 13.6. The van der Waals surface area contributed by atoms with Gasteiger partial charge in [-0.2, -0.15) is 0 Å². The molecule has 1 rings (SSSR count). The van der Waals surface area contributed by atoms with E-state index in [0.29, 0.717) is 11.3 Å². The highest BCUT2D eigenvalue weighted by Gasteiger charge is 2.40. The van der Waals surface area contributed by atoms with E-state index in [1.807, 2.05) is 0 Å². The average Bonchev–Trinajstić information content (AvgIpc) is 2.26. The number of halogens is 1. The van der Waals surface area contributed by atoms with E-state index >= 15 is 0 Å². The van der Waals surface area contributed by atoms with Crippen LogP contribution in [0.2, 0.25) is 0 Å². The van der Waals surface area contributed by atoms with Crippen LogP contribution in [0.3, 0.4) is 0 Å². The van der Waals surface area contributed by atoms with Crippen LogP contribution >= 0.6 is 22.6 Å². The Kier molecular flexibility index (Phi) is 4.42. The highest BCUT2D eigenvalue weighted by Crippen LogP contribution is 2.28. The SMILES string of the molecule is COc1ccc(I)cc1C(=O)C(C)(C)S(C)(=O)=O. The van der Waals surface area contributed by atoms with Crippen molar-refractivity contribution in [2.45, 2.75) is 18.6 Å². The molecule has 0 aliphatic heterocycles. The summed E-state index contributed by atoms with van der Waals surface area (Å²) in [7, 11) is -2.04. The fraction of sp³-hybridized carbons (Fsp3) is 0.417. The van der Waals surface area contributed by atoms with Crippen molar-refractivity contribution in [2.75, 3.05) is 13.4 Å². The molecule has 0 unspecified atom stereocenters. The second-order valence-corrected chi connectivity index (χ2v) is 8.27. The Hall–Kier alpha value is -0.630. The summed E-state index contributed by atoms with van der Waals surface area (Å²) in [5.74, 6) is -0.0718. The van der Waals surface area contributed by atoms with Crippen LogP contribution in [0.4, 0.5) is 0 Å². The molecule has 0 aliphatic carbocycles. The first kappa shape index (κ1) is 15.4. The highest BCUT2D eigenvalue weighted by atomic mass is 127. The Morgan fingerprint density at radius 3 is 2.33 bits per heavy atom. The van der Waals surface area contributed by atoms with Gasteiger partial charge < -0.3 is 4.74 Å². The van der Waals surface area contributed by atoms with Crippen molar-refractivity contribution < 1.29 is 17.9 Å². The summed E-state index contributed by atoms with van der Waals surface area (Å²) >= 11 is 2.06. The minimum Gasteiger partial charge on any atom is -0.496 e. The molecule has 0 atom stereocenters. The van der Waals surface area contributed by atoms with E-state index in [2.05, 4.69) is 22.6 Å². The Morgan fingerprint density at radius 2 is 1.89 bits per heavy atom. The van der Waals surface area contributed by atoms with Gasteiger partial charge in [0.1, 0.15) is 10.5 Å². The first-order valence-corrected chi connectivity index (χ1v) is 8.16. The maximum absolute atomic E-state index is 12.4. The van der Waals surface area contributed by atoms with E-state index in [4.69, 9.17) is 4.74 Å². The highest BCUT2D eigenvalue weighted by molar-refractivity contribution is 14.1.